The molecule has 1 rings (SSSR count). The summed E-state index contributed by atoms with van der Waals surface area (Å²) in [6.45, 7) is 7.21. The van der Waals surface area contributed by atoms with Crippen molar-refractivity contribution in [3.05, 3.63) is 25.3 Å². The highest BCUT2D eigenvalue weighted by atomic mass is 16.5. The average Bonchev–Trinajstić information content (AvgIpc) is 2.98. The Hall–Kier alpha value is -0.720. The molecular formula is C16H28O5. The van der Waals surface area contributed by atoms with Crippen LogP contribution in [0.25, 0.3) is 0 Å². The van der Waals surface area contributed by atoms with Gasteiger partial charge in [-0.2, -0.15) is 0 Å². The maximum absolute atomic E-state index is 10.2. The minimum Gasteiger partial charge on any atom is -0.394 e. The zero-order chi connectivity index (χ0) is 15.9. The summed E-state index contributed by atoms with van der Waals surface area (Å²) in [5, 5.41) is 39.1. The largest absolute Gasteiger partial charge is 0.394 e. The molecule has 21 heavy (non-hydrogen) atoms. The number of rotatable bonds is 10. The molecule has 4 atom stereocenters. The Bertz CT molecular complexity index is 299. The number of aliphatic hydroxyl groups is 4. The van der Waals surface area contributed by atoms with Crippen molar-refractivity contribution in [3.63, 3.8) is 0 Å². The first-order chi connectivity index (χ1) is 10.1. The quantitative estimate of drug-likeness (QED) is 0.444. The molecule has 1 aliphatic heterocycles. The predicted molar refractivity (Wildman–Crippen MR) is 80.7 cm³/mol. The van der Waals surface area contributed by atoms with Gasteiger partial charge in [0, 0.05) is 18.4 Å². The Kier molecular flexibility index (Phi) is 7.56. The minimum atomic E-state index is -0.959. The van der Waals surface area contributed by atoms with E-state index < -0.39 is 17.8 Å². The lowest BCUT2D eigenvalue weighted by molar-refractivity contribution is -0.157. The highest BCUT2D eigenvalue weighted by Gasteiger charge is 2.52. The Morgan fingerprint density at radius 1 is 1.00 bits per heavy atom. The van der Waals surface area contributed by atoms with Gasteiger partial charge in [0.15, 0.2) is 0 Å². The van der Waals surface area contributed by atoms with Crippen LogP contribution >= 0.6 is 0 Å². The number of allylic oxidation sites excluding steroid dienone is 2. The molecule has 0 aliphatic carbocycles. The van der Waals surface area contributed by atoms with Gasteiger partial charge in [0.05, 0.1) is 31.0 Å². The molecule has 0 aromatic rings. The SMILES string of the molecule is C=CCC(C(O)CO)C1(C(CC=C)C(O)CO)CCCO1. The van der Waals surface area contributed by atoms with Gasteiger partial charge in [-0.25, -0.2) is 0 Å². The van der Waals surface area contributed by atoms with Crippen LogP contribution in [0.3, 0.4) is 0 Å². The van der Waals surface area contributed by atoms with Gasteiger partial charge in [-0.1, -0.05) is 12.2 Å². The van der Waals surface area contributed by atoms with Crippen LogP contribution in [0.1, 0.15) is 25.7 Å². The van der Waals surface area contributed by atoms with Crippen molar-refractivity contribution in [2.24, 2.45) is 11.8 Å². The molecule has 5 nitrogen and oxygen atoms in total. The average molecular weight is 300 g/mol. The number of aliphatic hydroxyl groups excluding tert-OH is 4. The van der Waals surface area contributed by atoms with E-state index in [9.17, 15) is 20.4 Å². The summed E-state index contributed by atoms with van der Waals surface area (Å²) in [7, 11) is 0. The fraction of sp³-hybridized carbons (Fsp3) is 0.750. The van der Waals surface area contributed by atoms with Gasteiger partial charge in [0.25, 0.3) is 0 Å². The van der Waals surface area contributed by atoms with E-state index in [1.807, 2.05) is 0 Å². The number of hydrogen-bond acceptors (Lipinski definition) is 5. The van der Waals surface area contributed by atoms with Crippen LogP contribution in [0.15, 0.2) is 25.3 Å². The first-order valence-electron chi connectivity index (χ1n) is 7.51. The second-order valence-electron chi connectivity index (χ2n) is 5.67. The van der Waals surface area contributed by atoms with E-state index >= 15 is 0 Å². The lowest BCUT2D eigenvalue weighted by Crippen LogP contribution is -2.54. The number of hydrogen-bond donors (Lipinski definition) is 4. The minimum absolute atomic E-state index is 0.375. The summed E-state index contributed by atoms with van der Waals surface area (Å²) in [6.07, 6.45) is 3.86. The number of ether oxygens (including phenoxy) is 1. The molecule has 1 saturated heterocycles. The summed E-state index contributed by atoms with van der Waals surface area (Å²) in [5.41, 5.74) is -0.785. The molecule has 0 bridgehead atoms. The smallest absolute Gasteiger partial charge is 0.0829 e. The third-order valence-electron chi connectivity index (χ3n) is 4.48. The molecule has 1 heterocycles. The van der Waals surface area contributed by atoms with Crippen molar-refractivity contribution in [1.29, 1.82) is 0 Å². The van der Waals surface area contributed by atoms with Crippen molar-refractivity contribution in [2.45, 2.75) is 43.5 Å². The van der Waals surface area contributed by atoms with Crippen molar-refractivity contribution in [2.75, 3.05) is 19.8 Å². The van der Waals surface area contributed by atoms with Gasteiger partial charge < -0.3 is 25.2 Å². The van der Waals surface area contributed by atoms with Gasteiger partial charge in [-0.3, -0.25) is 0 Å². The topological polar surface area (TPSA) is 90.2 Å². The fourth-order valence-electron chi connectivity index (χ4n) is 3.52. The Morgan fingerprint density at radius 2 is 1.48 bits per heavy atom. The normalized spacial score (nSPS) is 27.8. The molecule has 0 amide bonds. The maximum atomic E-state index is 10.2. The van der Waals surface area contributed by atoms with Crippen LogP contribution in [-0.4, -0.2) is 58.1 Å². The van der Waals surface area contributed by atoms with Crippen LogP contribution < -0.4 is 0 Å². The van der Waals surface area contributed by atoms with E-state index in [1.165, 1.54) is 0 Å². The molecule has 122 valence electrons. The Morgan fingerprint density at radius 3 is 1.76 bits per heavy atom. The summed E-state index contributed by atoms with van der Waals surface area (Å²) < 4.78 is 5.98. The van der Waals surface area contributed by atoms with E-state index in [2.05, 4.69) is 13.2 Å². The highest BCUT2D eigenvalue weighted by Crippen LogP contribution is 2.45. The molecule has 0 aromatic heterocycles. The first-order valence-corrected chi connectivity index (χ1v) is 7.51. The highest BCUT2D eigenvalue weighted by molar-refractivity contribution is 5.04. The Balaban J connectivity index is 3.18. The van der Waals surface area contributed by atoms with E-state index in [-0.39, 0.29) is 25.0 Å². The summed E-state index contributed by atoms with van der Waals surface area (Å²) in [6, 6.07) is 0. The lowest BCUT2D eigenvalue weighted by atomic mass is 9.68. The third-order valence-corrected chi connectivity index (χ3v) is 4.48. The second kappa shape index (κ2) is 8.66. The summed E-state index contributed by atoms with van der Waals surface area (Å²) in [4.78, 5) is 0. The van der Waals surface area contributed by atoms with Crippen LogP contribution in [0.4, 0.5) is 0 Å². The van der Waals surface area contributed by atoms with Gasteiger partial charge >= 0.3 is 0 Å². The lowest BCUT2D eigenvalue weighted by Gasteiger charge is -2.45. The summed E-state index contributed by atoms with van der Waals surface area (Å²) >= 11 is 0. The molecular weight excluding hydrogens is 272 g/mol. The zero-order valence-corrected chi connectivity index (χ0v) is 12.5. The van der Waals surface area contributed by atoms with Crippen LogP contribution in [0.2, 0.25) is 0 Å². The predicted octanol–water partition coefficient (Wildman–Crippen LogP) is 0.627. The third kappa shape index (κ3) is 3.93. The molecule has 4 N–H and O–H groups in total. The van der Waals surface area contributed by atoms with Gasteiger partial charge in [0.2, 0.25) is 0 Å². The molecule has 0 spiro atoms. The standard InChI is InChI=1S/C16H28O5/c1-3-6-12(14(19)10-17)16(8-5-9-21-16)13(7-4-2)15(20)11-18/h3-4,12-15,17-20H,1-2,5-11H2. The molecule has 5 heteroatoms. The summed E-state index contributed by atoms with van der Waals surface area (Å²) in [5.74, 6) is -0.762. The van der Waals surface area contributed by atoms with Gasteiger partial charge in [-0.15, -0.1) is 13.2 Å². The monoisotopic (exact) mass is 300 g/mol. The van der Waals surface area contributed by atoms with Gasteiger partial charge in [-0.05, 0) is 25.7 Å². The van der Waals surface area contributed by atoms with Crippen molar-refractivity contribution >= 4 is 0 Å². The first kappa shape index (κ1) is 18.3. The van der Waals surface area contributed by atoms with E-state index in [0.717, 1.165) is 6.42 Å². The van der Waals surface area contributed by atoms with E-state index in [4.69, 9.17) is 4.74 Å². The second-order valence-corrected chi connectivity index (χ2v) is 5.67. The molecule has 0 radical (unpaired) electrons. The van der Waals surface area contributed by atoms with Crippen LogP contribution in [0.5, 0.6) is 0 Å². The fourth-order valence-corrected chi connectivity index (χ4v) is 3.52. The zero-order valence-electron chi connectivity index (χ0n) is 12.5. The van der Waals surface area contributed by atoms with E-state index in [0.29, 0.717) is 25.9 Å². The molecule has 0 aromatic carbocycles. The molecule has 1 aliphatic rings. The Labute approximate surface area is 126 Å². The maximum Gasteiger partial charge on any atom is 0.0829 e. The van der Waals surface area contributed by atoms with Crippen LogP contribution in [0, 0.1) is 11.8 Å². The van der Waals surface area contributed by atoms with Crippen LogP contribution in [-0.2, 0) is 4.74 Å². The molecule has 0 saturated carbocycles. The molecule has 1 fully saturated rings. The van der Waals surface area contributed by atoms with E-state index in [1.54, 1.807) is 12.2 Å². The van der Waals surface area contributed by atoms with Crippen molar-refractivity contribution in [1.82, 2.24) is 0 Å². The van der Waals surface area contributed by atoms with Crippen molar-refractivity contribution < 1.29 is 25.2 Å². The molecule has 4 unspecified atom stereocenters. The van der Waals surface area contributed by atoms with Gasteiger partial charge in [0.1, 0.15) is 0 Å². The van der Waals surface area contributed by atoms with Crippen molar-refractivity contribution in [3.8, 4) is 0 Å².